The highest BCUT2D eigenvalue weighted by atomic mass is 16.5. The number of hydrogen-bond acceptors (Lipinski definition) is 3. The number of carbonyl (C=O) groups excluding carboxylic acids is 1. The topological polar surface area (TPSA) is 75.6 Å². The average Bonchev–Trinajstić information content (AvgIpc) is 2.79. The van der Waals surface area contributed by atoms with E-state index < -0.39 is 11.9 Å². The Morgan fingerprint density at radius 3 is 2.47 bits per heavy atom. The molecule has 1 unspecified atom stereocenters. The fourth-order valence-corrected chi connectivity index (χ4v) is 3.18. The Hall–Kier alpha value is -1.10. The number of carbonyl (C=O) groups is 2. The van der Waals surface area contributed by atoms with Crippen molar-refractivity contribution in [1.29, 1.82) is 0 Å². The van der Waals surface area contributed by atoms with Gasteiger partial charge >= 0.3 is 5.97 Å². The molecule has 1 amide bonds. The Morgan fingerprint density at radius 2 is 1.84 bits per heavy atom. The Morgan fingerprint density at radius 1 is 1.21 bits per heavy atom. The highest BCUT2D eigenvalue weighted by Crippen LogP contribution is 2.36. The first-order valence-electron chi connectivity index (χ1n) is 7.16. The molecule has 2 N–H and O–H groups in total. The fourth-order valence-electron chi connectivity index (χ4n) is 3.18. The second-order valence-electron chi connectivity index (χ2n) is 5.93. The smallest absolute Gasteiger partial charge is 0.307 e. The molecule has 108 valence electrons. The molecule has 0 aromatic carbocycles. The number of nitrogens with one attached hydrogen (secondary N) is 1. The zero-order valence-electron chi connectivity index (χ0n) is 11.4. The van der Waals surface area contributed by atoms with Crippen molar-refractivity contribution in [3.63, 3.8) is 0 Å². The second kappa shape index (κ2) is 6.37. The van der Waals surface area contributed by atoms with Crippen LogP contribution in [0.4, 0.5) is 0 Å². The van der Waals surface area contributed by atoms with Gasteiger partial charge in [0.05, 0.1) is 11.8 Å². The largest absolute Gasteiger partial charge is 0.481 e. The van der Waals surface area contributed by atoms with Gasteiger partial charge in [0.1, 0.15) is 0 Å². The summed E-state index contributed by atoms with van der Waals surface area (Å²) in [6.45, 7) is 4.19. The third-order valence-electron chi connectivity index (χ3n) is 4.36. The van der Waals surface area contributed by atoms with Gasteiger partial charge in [0.2, 0.25) is 5.91 Å². The van der Waals surface area contributed by atoms with Gasteiger partial charge in [-0.15, -0.1) is 0 Å². The Balaban J connectivity index is 1.82. The maximum atomic E-state index is 12.1. The lowest BCUT2D eigenvalue weighted by atomic mass is 9.94. The standard InChI is InChI=1S/C14H23NO4/c1-9-6-11(12(7-9)14(17)18)13(16)15-8-10-2-4-19-5-3-10/h9-12H,2-8H2,1H3,(H,15,16)(H,17,18)/t9?,11-,12+/m0/s1. The number of amides is 1. The van der Waals surface area contributed by atoms with Gasteiger partial charge in [-0.2, -0.15) is 0 Å². The van der Waals surface area contributed by atoms with E-state index in [1.54, 1.807) is 0 Å². The molecule has 0 spiro atoms. The van der Waals surface area contributed by atoms with Gasteiger partial charge in [-0.1, -0.05) is 6.92 Å². The molecule has 1 aliphatic heterocycles. The monoisotopic (exact) mass is 269 g/mol. The Bertz CT molecular complexity index is 338. The van der Waals surface area contributed by atoms with Crippen LogP contribution < -0.4 is 5.32 Å². The van der Waals surface area contributed by atoms with Crippen LogP contribution in [0.3, 0.4) is 0 Å². The summed E-state index contributed by atoms with van der Waals surface area (Å²) >= 11 is 0. The molecule has 3 atom stereocenters. The number of carboxylic acid groups (broad SMARTS) is 1. The quantitative estimate of drug-likeness (QED) is 0.806. The number of rotatable bonds is 4. The number of aliphatic carboxylic acids is 1. The van der Waals surface area contributed by atoms with Crippen molar-refractivity contribution >= 4 is 11.9 Å². The molecule has 5 nitrogen and oxygen atoms in total. The minimum Gasteiger partial charge on any atom is -0.481 e. The van der Waals surface area contributed by atoms with E-state index >= 15 is 0 Å². The molecule has 1 saturated heterocycles. The predicted octanol–water partition coefficient (Wildman–Crippen LogP) is 1.28. The summed E-state index contributed by atoms with van der Waals surface area (Å²) in [5.74, 6) is -0.990. The molecule has 2 rings (SSSR count). The highest BCUT2D eigenvalue weighted by Gasteiger charge is 2.41. The van der Waals surface area contributed by atoms with Gasteiger partial charge in [0.25, 0.3) is 0 Å². The number of ether oxygens (including phenoxy) is 1. The van der Waals surface area contributed by atoms with Gasteiger partial charge < -0.3 is 15.2 Å². The van der Waals surface area contributed by atoms with E-state index in [0.29, 0.717) is 31.2 Å². The molecule has 0 radical (unpaired) electrons. The van der Waals surface area contributed by atoms with E-state index in [1.807, 2.05) is 6.92 Å². The summed E-state index contributed by atoms with van der Waals surface area (Å²) in [5.41, 5.74) is 0. The third kappa shape index (κ3) is 3.69. The minimum atomic E-state index is -0.837. The molecule has 0 aromatic rings. The lowest BCUT2D eigenvalue weighted by Gasteiger charge is -2.23. The normalized spacial score (nSPS) is 32.2. The van der Waals surface area contributed by atoms with Crippen molar-refractivity contribution in [2.45, 2.75) is 32.6 Å². The Labute approximate surface area is 113 Å². The van der Waals surface area contributed by atoms with Crippen LogP contribution in [0.15, 0.2) is 0 Å². The maximum Gasteiger partial charge on any atom is 0.307 e. The van der Waals surface area contributed by atoms with Crippen LogP contribution in [0.5, 0.6) is 0 Å². The van der Waals surface area contributed by atoms with E-state index in [9.17, 15) is 14.7 Å². The minimum absolute atomic E-state index is 0.0803. The van der Waals surface area contributed by atoms with Crippen LogP contribution in [-0.2, 0) is 14.3 Å². The molecular weight excluding hydrogens is 246 g/mol. The van der Waals surface area contributed by atoms with E-state index in [4.69, 9.17) is 4.74 Å². The van der Waals surface area contributed by atoms with Crippen molar-refractivity contribution in [3.05, 3.63) is 0 Å². The lowest BCUT2D eigenvalue weighted by Crippen LogP contribution is -2.38. The van der Waals surface area contributed by atoms with Gasteiger partial charge in [-0.3, -0.25) is 9.59 Å². The van der Waals surface area contributed by atoms with E-state index in [2.05, 4.69) is 5.32 Å². The number of carboxylic acids is 1. The van der Waals surface area contributed by atoms with E-state index in [-0.39, 0.29) is 11.8 Å². The molecule has 2 fully saturated rings. The zero-order valence-corrected chi connectivity index (χ0v) is 11.4. The molecule has 0 bridgehead atoms. The van der Waals surface area contributed by atoms with E-state index in [0.717, 1.165) is 26.1 Å². The van der Waals surface area contributed by atoms with E-state index in [1.165, 1.54) is 0 Å². The van der Waals surface area contributed by atoms with Crippen LogP contribution in [0.2, 0.25) is 0 Å². The van der Waals surface area contributed by atoms with Gasteiger partial charge in [0.15, 0.2) is 0 Å². The molecule has 1 aliphatic carbocycles. The third-order valence-corrected chi connectivity index (χ3v) is 4.36. The van der Waals surface area contributed by atoms with Gasteiger partial charge in [-0.25, -0.2) is 0 Å². The molecule has 19 heavy (non-hydrogen) atoms. The predicted molar refractivity (Wildman–Crippen MR) is 69.6 cm³/mol. The van der Waals surface area contributed by atoms with Crippen molar-refractivity contribution in [1.82, 2.24) is 5.32 Å². The van der Waals surface area contributed by atoms with Crippen LogP contribution in [0.1, 0.15) is 32.6 Å². The number of hydrogen-bond donors (Lipinski definition) is 2. The molecule has 0 aromatic heterocycles. The summed E-state index contributed by atoms with van der Waals surface area (Å²) in [7, 11) is 0. The SMILES string of the molecule is CC1C[C@H](C(=O)NCC2CCOCC2)[C@H](C(=O)O)C1. The summed E-state index contributed by atoms with van der Waals surface area (Å²) in [4.78, 5) is 23.3. The first-order chi connectivity index (χ1) is 9.08. The van der Waals surface area contributed by atoms with Crippen LogP contribution >= 0.6 is 0 Å². The Kier molecular flexibility index (Phi) is 4.80. The summed E-state index contributed by atoms with van der Waals surface area (Å²) in [6, 6.07) is 0. The lowest BCUT2D eigenvalue weighted by molar-refractivity contribution is -0.146. The maximum absolute atomic E-state index is 12.1. The van der Waals surface area contributed by atoms with Crippen molar-refractivity contribution < 1.29 is 19.4 Å². The van der Waals surface area contributed by atoms with Crippen molar-refractivity contribution in [2.75, 3.05) is 19.8 Å². The van der Waals surface area contributed by atoms with Crippen molar-refractivity contribution in [2.24, 2.45) is 23.7 Å². The summed E-state index contributed by atoms with van der Waals surface area (Å²) in [6.07, 6.45) is 3.26. The first-order valence-corrected chi connectivity index (χ1v) is 7.16. The van der Waals surface area contributed by atoms with Crippen LogP contribution in [-0.4, -0.2) is 36.7 Å². The first kappa shape index (κ1) is 14.3. The molecular formula is C14H23NO4. The molecule has 1 saturated carbocycles. The molecule has 5 heteroatoms. The molecule has 2 aliphatic rings. The van der Waals surface area contributed by atoms with Gasteiger partial charge in [-0.05, 0) is 37.5 Å². The summed E-state index contributed by atoms with van der Waals surface area (Å²) in [5, 5.41) is 12.1. The molecule has 1 heterocycles. The zero-order chi connectivity index (χ0) is 13.8. The summed E-state index contributed by atoms with van der Waals surface area (Å²) < 4.78 is 5.28. The van der Waals surface area contributed by atoms with Crippen LogP contribution in [0.25, 0.3) is 0 Å². The van der Waals surface area contributed by atoms with Crippen molar-refractivity contribution in [3.8, 4) is 0 Å². The average molecular weight is 269 g/mol. The van der Waals surface area contributed by atoms with Gasteiger partial charge in [0, 0.05) is 19.8 Å². The van der Waals surface area contributed by atoms with Crippen LogP contribution in [0, 0.1) is 23.7 Å². The highest BCUT2D eigenvalue weighted by molar-refractivity contribution is 5.85. The fraction of sp³-hybridized carbons (Fsp3) is 0.857. The second-order valence-corrected chi connectivity index (χ2v) is 5.93.